The minimum absolute atomic E-state index is 0.133. The van der Waals surface area contributed by atoms with E-state index in [1.54, 1.807) is 12.4 Å². The topological polar surface area (TPSA) is 67.4 Å². The summed E-state index contributed by atoms with van der Waals surface area (Å²) >= 11 is 1.53. The lowest BCUT2D eigenvalue weighted by Crippen LogP contribution is -2.52. The lowest BCUT2D eigenvalue weighted by molar-refractivity contribution is -0.110. The molecule has 0 bridgehead atoms. The predicted molar refractivity (Wildman–Crippen MR) is 102 cm³/mol. The molecule has 2 aromatic heterocycles. The number of likely N-dealkylation sites (tertiary alicyclic amines) is 1. The molecular weight excluding hydrogens is 348 g/mol. The zero-order valence-electron chi connectivity index (χ0n) is 15.0. The van der Waals surface area contributed by atoms with Crippen LogP contribution in [0.4, 0.5) is 5.95 Å². The van der Waals surface area contributed by atoms with E-state index < -0.39 is 0 Å². The van der Waals surface area contributed by atoms with Gasteiger partial charge in [-0.05, 0) is 55.7 Å². The molecule has 1 unspecified atom stereocenters. The van der Waals surface area contributed by atoms with Crippen LogP contribution in [-0.2, 0) is 4.74 Å². The maximum absolute atomic E-state index is 12.7. The molecule has 1 amide bonds. The number of ether oxygens (including phenoxy) is 1. The standard InChI is InChI=1S/C19H24N4O2S/c1-14-4-12-26-16(14)17(24)23-9-5-19(6-10-23)13-15(3-11-25-19)22-18-20-7-2-8-21-18/h2,4,7-8,12,15H,3,5-6,9-11,13H2,1H3,(H,20,21,22). The number of carbonyl (C=O) groups excluding carboxylic acids is 1. The monoisotopic (exact) mass is 372 g/mol. The fourth-order valence-electron chi connectivity index (χ4n) is 3.91. The van der Waals surface area contributed by atoms with Crippen LogP contribution in [0.2, 0.25) is 0 Å². The van der Waals surface area contributed by atoms with E-state index in [0.29, 0.717) is 12.0 Å². The van der Waals surface area contributed by atoms with Crippen LogP contribution < -0.4 is 5.32 Å². The number of nitrogens with zero attached hydrogens (tertiary/aromatic N) is 3. The molecule has 0 aliphatic carbocycles. The van der Waals surface area contributed by atoms with Crippen molar-refractivity contribution in [2.75, 3.05) is 25.0 Å². The van der Waals surface area contributed by atoms with E-state index >= 15 is 0 Å². The minimum Gasteiger partial charge on any atom is -0.375 e. The molecule has 6 nitrogen and oxygen atoms in total. The Hall–Kier alpha value is -1.99. The summed E-state index contributed by atoms with van der Waals surface area (Å²) in [5.41, 5.74) is 0.938. The lowest BCUT2D eigenvalue weighted by Gasteiger charge is -2.46. The first-order chi connectivity index (χ1) is 12.7. The smallest absolute Gasteiger partial charge is 0.264 e. The van der Waals surface area contributed by atoms with E-state index in [1.807, 2.05) is 29.3 Å². The summed E-state index contributed by atoms with van der Waals surface area (Å²) in [6.07, 6.45) is 7.17. The molecule has 2 fully saturated rings. The Labute approximate surface area is 157 Å². The number of anilines is 1. The Morgan fingerprint density at radius 3 is 2.81 bits per heavy atom. The fourth-order valence-corrected chi connectivity index (χ4v) is 4.80. The largest absolute Gasteiger partial charge is 0.375 e. The second-order valence-corrected chi connectivity index (χ2v) is 8.08. The Balaban J connectivity index is 1.37. The SMILES string of the molecule is Cc1ccsc1C(=O)N1CCC2(CC1)CC(Nc1ncccn1)CCO2. The number of nitrogens with one attached hydrogen (secondary N) is 1. The van der Waals surface area contributed by atoms with E-state index in [4.69, 9.17) is 4.74 Å². The summed E-state index contributed by atoms with van der Waals surface area (Å²) in [5.74, 6) is 0.839. The number of aromatic nitrogens is 2. The molecule has 1 spiro atoms. The maximum atomic E-state index is 12.7. The lowest BCUT2D eigenvalue weighted by atomic mass is 9.82. The Kier molecular flexibility index (Phi) is 4.91. The van der Waals surface area contributed by atoms with E-state index in [1.165, 1.54) is 11.3 Å². The van der Waals surface area contributed by atoms with Crippen molar-refractivity contribution in [3.8, 4) is 0 Å². The second kappa shape index (κ2) is 7.32. The van der Waals surface area contributed by atoms with Gasteiger partial charge in [-0.1, -0.05) is 0 Å². The van der Waals surface area contributed by atoms with Gasteiger partial charge in [0, 0.05) is 38.1 Å². The van der Waals surface area contributed by atoms with Crippen molar-refractivity contribution in [3.05, 3.63) is 40.3 Å². The molecule has 138 valence electrons. The number of amides is 1. The van der Waals surface area contributed by atoms with E-state index in [9.17, 15) is 4.79 Å². The van der Waals surface area contributed by atoms with Gasteiger partial charge < -0.3 is 15.0 Å². The molecular formula is C19H24N4O2S. The van der Waals surface area contributed by atoms with Crippen molar-refractivity contribution in [1.82, 2.24) is 14.9 Å². The zero-order chi connectivity index (χ0) is 18.0. The molecule has 26 heavy (non-hydrogen) atoms. The van der Waals surface area contributed by atoms with Gasteiger partial charge in [-0.15, -0.1) is 11.3 Å². The average Bonchev–Trinajstić information content (AvgIpc) is 3.09. The van der Waals surface area contributed by atoms with E-state index in [0.717, 1.165) is 55.8 Å². The molecule has 4 rings (SSSR count). The van der Waals surface area contributed by atoms with Crippen LogP contribution in [0.1, 0.15) is 40.9 Å². The van der Waals surface area contributed by atoms with Crippen molar-refractivity contribution < 1.29 is 9.53 Å². The van der Waals surface area contributed by atoms with Gasteiger partial charge in [0.15, 0.2) is 0 Å². The van der Waals surface area contributed by atoms with Gasteiger partial charge in [-0.2, -0.15) is 0 Å². The summed E-state index contributed by atoms with van der Waals surface area (Å²) < 4.78 is 6.20. The van der Waals surface area contributed by atoms with Gasteiger partial charge in [-0.3, -0.25) is 4.79 Å². The predicted octanol–water partition coefficient (Wildman–Crippen LogP) is 3.11. The van der Waals surface area contributed by atoms with Gasteiger partial charge in [0.25, 0.3) is 5.91 Å². The van der Waals surface area contributed by atoms with Crippen molar-refractivity contribution in [2.45, 2.75) is 44.2 Å². The summed E-state index contributed by atoms with van der Waals surface area (Å²) in [4.78, 5) is 24.1. The highest BCUT2D eigenvalue weighted by Gasteiger charge is 2.41. The molecule has 2 aliphatic heterocycles. The molecule has 4 heterocycles. The summed E-state index contributed by atoms with van der Waals surface area (Å²) in [7, 11) is 0. The molecule has 0 aromatic carbocycles. The van der Waals surface area contributed by atoms with Crippen LogP contribution in [0.3, 0.4) is 0 Å². The van der Waals surface area contributed by atoms with E-state index in [-0.39, 0.29) is 11.5 Å². The third-order valence-electron chi connectivity index (χ3n) is 5.41. The second-order valence-electron chi connectivity index (χ2n) is 7.16. The number of piperidine rings is 1. The summed E-state index contributed by atoms with van der Waals surface area (Å²) in [6, 6.07) is 4.14. The number of hydrogen-bond donors (Lipinski definition) is 1. The van der Waals surface area contributed by atoms with Gasteiger partial charge in [-0.25, -0.2) is 9.97 Å². The third kappa shape index (κ3) is 3.59. The number of carbonyl (C=O) groups is 1. The first-order valence-corrected chi connectivity index (χ1v) is 10.0. The number of aryl methyl sites for hydroxylation is 1. The molecule has 7 heteroatoms. The van der Waals surface area contributed by atoms with Crippen LogP contribution in [-0.4, -0.2) is 52.1 Å². The Bertz CT molecular complexity index is 756. The summed E-state index contributed by atoms with van der Waals surface area (Å²) in [5, 5.41) is 5.42. The van der Waals surface area contributed by atoms with Crippen LogP contribution in [0, 0.1) is 6.92 Å². The maximum Gasteiger partial charge on any atom is 0.264 e. The zero-order valence-corrected chi connectivity index (χ0v) is 15.8. The Morgan fingerprint density at radius 1 is 1.35 bits per heavy atom. The highest BCUT2D eigenvalue weighted by atomic mass is 32.1. The van der Waals surface area contributed by atoms with Crippen molar-refractivity contribution in [3.63, 3.8) is 0 Å². The van der Waals surface area contributed by atoms with Crippen molar-refractivity contribution in [2.24, 2.45) is 0 Å². The van der Waals surface area contributed by atoms with E-state index in [2.05, 4.69) is 15.3 Å². The minimum atomic E-state index is -0.133. The highest BCUT2D eigenvalue weighted by Crippen LogP contribution is 2.36. The van der Waals surface area contributed by atoms with Crippen LogP contribution >= 0.6 is 11.3 Å². The highest BCUT2D eigenvalue weighted by molar-refractivity contribution is 7.12. The van der Waals surface area contributed by atoms with Gasteiger partial charge in [0.2, 0.25) is 5.95 Å². The quantitative estimate of drug-likeness (QED) is 0.897. The molecule has 0 radical (unpaired) electrons. The average molecular weight is 372 g/mol. The Morgan fingerprint density at radius 2 is 2.12 bits per heavy atom. The van der Waals surface area contributed by atoms with Crippen LogP contribution in [0.25, 0.3) is 0 Å². The van der Waals surface area contributed by atoms with Crippen molar-refractivity contribution >= 4 is 23.2 Å². The number of thiophene rings is 1. The normalized spacial score (nSPS) is 22.3. The fraction of sp³-hybridized carbons (Fsp3) is 0.526. The molecule has 2 aliphatic rings. The van der Waals surface area contributed by atoms with Gasteiger partial charge >= 0.3 is 0 Å². The first kappa shape index (κ1) is 17.4. The first-order valence-electron chi connectivity index (χ1n) is 9.16. The summed E-state index contributed by atoms with van der Waals surface area (Å²) in [6.45, 7) is 4.25. The van der Waals surface area contributed by atoms with Gasteiger partial charge in [0.1, 0.15) is 0 Å². The van der Waals surface area contributed by atoms with Crippen LogP contribution in [0.5, 0.6) is 0 Å². The van der Waals surface area contributed by atoms with Crippen molar-refractivity contribution in [1.29, 1.82) is 0 Å². The molecule has 1 N–H and O–H groups in total. The number of rotatable bonds is 3. The third-order valence-corrected chi connectivity index (χ3v) is 6.41. The molecule has 2 aromatic rings. The van der Waals surface area contributed by atoms with Crippen LogP contribution in [0.15, 0.2) is 29.9 Å². The van der Waals surface area contributed by atoms with Gasteiger partial charge in [0.05, 0.1) is 10.5 Å². The molecule has 1 atom stereocenters. The molecule has 2 saturated heterocycles. The molecule has 0 saturated carbocycles. The number of hydrogen-bond acceptors (Lipinski definition) is 6.